The van der Waals surface area contributed by atoms with Crippen molar-refractivity contribution in [3.63, 3.8) is 0 Å². The second-order valence-corrected chi connectivity index (χ2v) is 13.8. The monoisotopic (exact) mass is 787 g/mol. The van der Waals surface area contributed by atoms with Gasteiger partial charge in [0.2, 0.25) is 11.8 Å². The van der Waals surface area contributed by atoms with Gasteiger partial charge >= 0.3 is 18.1 Å². The summed E-state index contributed by atoms with van der Waals surface area (Å²) in [5.74, 6) is 1.81. The zero-order valence-corrected chi connectivity index (χ0v) is 31.4. The van der Waals surface area contributed by atoms with E-state index >= 15 is 4.79 Å². The number of hydrogen-bond acceptors (Lipinski definition) is 11. The number of aliphatic hydroxyl groups excluding tert-OH is 1. The zero-order chi connectivity index (χ0) is 41.0. The van der Waals surface area contributed by atoms with Crippen LogP contribution >= 0.6 is 0 Å². The van der Waals surface area contributed by atoms with E-state index in [9.17, 15) is 24.3 Å². The standard InChI is InChI=1S/C43H41N5O10/c1-55-22-23-57-42(54)47-32-18-17-26(10-9-19-46-41(45)53)24-31(32)43(40(47)52)33(38(44)50)35-39(51)58-36(28-13-6-3-7-14-28)34(27-11-4-2-5-12-27)48(35)37(43)29-15-8-16-30(25-29)56-21-20-49/h2-8,11-18,24-25,33-37,49H,19-23H2,1H3,(H2,44,50)(H3,45,46,53)/t33-,34-,35-,36+,37+,43-/m0/s1. The van der Waals surface area contributed by atoms with Gasteiger partial charge in [-0.1, -0.05) is 84.6 Å². The lowest BCUT2D eigenvalue weighted by atomic mass is 9.65. The molecule has 0 unspecified atom stereocenters. The van der Waals surface area contributed by atoms with Crippen molar-refractivity contribution in [1.82, 2.24) is 10.2 Å². The highest BCUT2D eigenvalue weighted by Crippen LogP contribution is 2.65. The number of urea groups is 1. The molecule has 3 aliphatic heterocycles. The lowest BCUT2D eigenvalue weighted by molar-refractivity contribution is -0.178. The van der Waals surface area contributed by atoms with Gasteiger partial charge in [0.15, 0.2) is 0 Å². The molecular formula is C43H41N5O10. The van der Waals surface area contributed by atoms with Crippen LogP contribution in [0.3, 0.4) is 0 Å². The zero-order valence-electron chi connectivity index (χ0n) is 31.4. The number of fused-ring (bicyclic) bond motifs is 3. The van der Waals surface area contributed by atoms with Crippen LogP contribution in [0.1, 0.15) is 46.0 Å². The van der Waals surface area contributed by atoms with Gasteiger partial charge in [-0.3, -0.25) is 19.3 Å². The first-order valence-electron chi connectivity index (χ1n) is 18.5. The number of esters is 1. The number of nitrogens with zero attached hydrogens (tertiary/aromatic N) is 2. The molecule has 0 bridgehead atoms. The minimum Gasteiger partial charge on any atom is -0.491 e. The van der Waals surface area contributed by atoms with Crippen LogP contribution in [0.25, 0.3) is 0 Å². The lowest BCUT2D eigenvalue weighted by Crippen LogP contribution is -2.55. The first-order valence-corrected chi connectivity index (χ1v) is 18.5. The third-order valence-electron chi connectivity index (χ3n) is 10.6. The van der Waals surface area contributed by atoms with Gasteiger partial charge in [-0.2, -0.15) is 0 Å². The maximum atomic E-state index is 15.8. The second-order valence-electron chi connectivity index (χ2n) is 13.8. The minimum absolute atomic E-state index is 0.0358. The second kappa shape index (κ2) is 16.8. The Morgan fingerprint density at radius 3 is 2.24 bits per heavy atom. The van der Waals surface area contributed by atoms with E-state index in [0.29, 0.717) is 28.0 Å². The summed E-state index contributed by atoms with van der Waals surface area (Å²) in [6.45, 7) is -0.571. The first-order chi connectivity index (χ1) is 28.1. The summed E-state index contributed by atoms with van der Waals surface area (Å²) in [6.07, 6.45) is -1.98. The molecule has 5 amide bonds. The molecule has 58 heavy (non-hydrogen) atoms. The number of carbonyl (C=O) groups excluding carboxylic acids is 5. The number of benzene rings is 4. The molecule has 3 heterocycles. The predicted molar refractivity (Wildman–Crippen MR) is 208 cm³/mol. The van der Waals surface area contributed by atoms with E-state index in [1.807, 2.05) is 65.6 Å². The molecule has 2 saturated heterocycles. The molecule has 1 spiro atoms. The van der Waals surface area contributed by atoms with Gasteiger partial charge in [-0.25, -0.2) is 14.5 Å². The maximum Gasteiger partial charge on any atom is 0.421 e. The summed E-state index contributed by atoms with van der Waals surface area (Å²) in [7, 11) is 1.43. The number of hydrogen-bond donors (Lipinski definition) is 4. The molecule has 4 aromatic carbocycles. The molecule has 0 saturated carbocycles. The van der Waals surface area contributed by atoms with Gasteiger partial charge in [0.25, 0.3) is 0 Å². The number of anilines is 1. The quantitative estimate of drug-likeness (QED) is 0.0986. The van der Waals surface area contributed by atoms with Crippen molar-refractivity contribution in [3.05, 3.63) is 131 Å². The molecule has 3 aliphatic rings. The molecule has 7 rings (SSSR count). The molecular weight excluding hydrogens is 746 g/mol. The normalized spacial score (nSPS) is 23.3. The molecule has 4 aromatic rings. The van der Waals surface area contributed by atoms with Crippen LogP contribution in [0, 0.1) is 17.8 Å². The number of morpholine rings is 1. The van der Waals surface area contributed by atoms with Crippen molar-refractivity contribution in [2.75, 3.05) is 45.0 Å². The number of primary amides is 2. The summed E-state index contributed by atoms with van der Waals surface area (Å²) >= 11 is 0. The fraction of sp³-hybridized carbons (Fsp3) is 0.279. The lowest BCUT2D eigenvalue weighted by Gasteiger charge is -2.46. The van der Waals surface area contributed by atoms with Crippen LogP contribution in [0.15, 0.2) is 103 Å². The highest BCUT2D eigenvalue weighted by molar-refractivity contribution is 6.23. The smallest absolute Gasteiger partial charge is 0.421 e. The molecule has 2 fully saturated rings. The highest BCUT2D eigenvalue weighted by atomic mass is 16.6. The van der Waals surface area contributed by atoms with Crippen molar-refractivity contribution >= 4 is 35.6 Å². The molecule has 0 aliphatic carbocycles. The first kappa shape index (κ1) is 39.5. The number of carbonyl (C=O) groups is 5. The van der Waals surface area contributed by atoms with Crippen LogP contribution in [0.4, 0.5) is 15.3 Å². The van der Waals surface area contributed by atoms with Crippen LogP contribution in [0.2, 0.25) is 0 Å². The van der Waals surface area contributed by atoms with Crippen molar-refractivity contribution in [1.29, 1.82) is 0 Å². The number of cyclic esters (lactones) is 1. The SMILES string of the molecule is COCCOC(=O)N1C(=O)[C@@]2(c3cc(C#CCNC(N)=O)ccc31)[C@H](C(N)=O)[C@H]1C(=O)O[C@H](c3ccccc3)[C@H](c3ccccc3)N1[C@@H]2c1cccc(OCCO)c1. The van der Waals surface area contributed by atoms with Crippen molar-refractivity contribution in [3.8, 4) is 17.6 Å². The average molecular weight is 788 g/mol. The number of ether oxygens (including phenoxy) is 4. The largest absolute Gasteiger partial charge is 0.491 e. The van der Waals surface area contributed by atoms with Crippen LogP contribution < -0.4 is 26.4 Å². The van der Waals surface area contributed by atoms with Crippen LogP contribution in [-0.2, 0) is 34.0 Å². The molecule has 6 N–H and O–H groups in total. The fourth-order valence-corrected chi connectivity index (χ4v) is 8.49. The Kier molecular flexibility index (Phi) is 11.4. The number of rotatable bonds is 11. The number of nitrogens with one attached hydrogen (secondary N) is 1. The Labute approximate surface area is 333 Å². The van der Waals surface area contributed by atoms with Crippen molar-refractivity contribution < 1.29 is 48.0 Å². The van der Waals surface area contributed by atoms with E-state index < -0.39 is 65.5 Å². The third-order valence-corrected chi connectivity index (χ3v) is 10.6. The summed E-state index contributed by atoms with van der Waals surface area (Å²) in [5, 5.41) is 12.0. The van der Waals surface area contributed by atoms with E-state index in [4.69, 9.17) is 30.4 Å². The van der Waals surface area contributed by atoms with Crippen molar-refractivity contribution in [2.45, 2.75) is 29.6 Å². The van der Waals surface area contributed by atoms with Gasteiger partial charge in [-0.15, -0.1) is 0 Å². The molecule has 298 valence electrons. The minimum atomic E-state index is -2.09. The van der Waals surface area contributed by atoms with E-state index in [0.717, 1.165) is 4.90 Å². The summed E-state index contributed by atoms with van der Waals surface area (Å²) in [4.78, 5) is 72.9. The van der Waals surface area contributed by atoms with Gasteiger partial charge < -0.3 is 40.8 Å². The topological polar surface area (TPSA) is 213 Å². The number of methoxy groups -OCH3 is 1. The fourth-order valence-electron chi connectivity index (χ4n) is 8.49. The van der Waals surface area contributed by atoms with Crippen LogP contribution in [-0.4, -0.2) is 86.0 Å². The van der Waals surface area contributed by atoms with Gasteiger partial charge in [0, 0.05) is 12.7 Å². The van der Waals surface area contributed by atoms with Crippen molar-refractivity contribution in [2.24, 2.45) is 17.4 Å². The maximum absolute atomic E-state index is 15.8. The summed E-state index contributed by atoms with van der Waals surface area (Å²) in [5.41, 5.74) is 11.9. The number of nitrogens with two attached hydrogens (primary N) is 2. The van der Waals surface area contributed by atoms with E-state index in [1.54, 1.807) is 36.4 Å². The number of amides is 5. The Balaban J connectivity index is 1.55. The Hall–Kier alpha value is -6.73. The molecule has 0 radical (unpaired) electrons. The Morgan fingerprint density at radius 1 is 0.862 bits per heavy atom. The van der Waals surface area contributed by atoms with E-state index in [-0.39, 0.29) is 44.2 Å². The van der Waals surface area contributed by atoms with E-state index in [2.05, 4.69) is 17.2 Å². The Morgan fingerprint density at radius 2 is 1.57 bits per heavy atom. The third kappa shape index (κ3) is 6.98. The highest BCUT2D eigenvalue weighted by Gasteiger charge is 2.75. The summed E-state index contributed by atoms with van der Waals surface area (Å²) in [6, 6.07) is 25.6. The van der Waals surface area contributed by atoms with Gasteiger partial charge in [0.05, 0.1) is 43.4 Å². The molecule has 15 heteroatoms. The van der Waals surface area contributed by atoms with Crippen LogP contribution in [0.5, 0.6) is 5.75 Å². The Bertz CT molecular complexity index is 2280. The molecule has 15 nitrogen and oxygen atoms in total. The molecule has 0 aromatic heterocycles. The molecule has 6 atom stereocenters. The van der Waals surface area contributed by atoms with Gasteiger partial charge in [-0.05, 0) is 52.6 Å². The summed E-state index contributed by atoms with van der Waals surface area (Å²) < 4.78 is 22.8. The number of imide groups is 1. The average Bonchev–Trinajstić information content (AvgIpc) is 3.69. The number of aliphatic hydroxyl groups is 1. The predicted octanol–water partition coefficient (Wildman–Crippen LogP) is 3.01. The van der Waals surface area contributed by atoms with Gasteiger partial charge in [0.1, 0.15) is 36.5 Å². The van der Waals surface area contributed by atoms with E-state index in [1.165, 1.54) is 13.2 Å².